The van der Waals surface area contributed by atoms with Crippen molar-refractivity contribution in [2.45, 2.75) is 96.8 Å². The van der Waals surface area contributed by atoms with Gasteiger partial charge in [-0.1, -0.05) is 127 Å². The van der Waals surface area contributed by atoms with Crippen LogP contribution in [-0.4, -0.2) is 0 Å². The number of nitrogens with one attached hydrogen (secondary N) is 1. The van der Waals surface area contributed by atoms with E-state index in [9.17, 15) is 5.26 Å². The molecule has 1 N–H and O–H groups in total. The third-order valence-electron chi connectivity index (χ3n) is 5.65. The van der Waals surface area contributed by atoms with E-state index in [0.29, 0.717) is 5.56 Å². The van der Waals surface area contributed by atoms with Gasteiger partial charge in [0.1, 0.15) is 6.07 Å². The fraction of sp³-hybridized carbons (Fsp3) is 0.500. The molecule has 0 spiro atoms. The minimum Gasteiger partial charge on any atom is -0.354 e. The zero-order valence-corrected chi connectivity index (χ0v) is 20.3. The normalized spacial score (nSPS) is 11.8. The molecule has 0 atom stereocenters. The Hall–Kier alpha value is -2.53. The van der Waals surface area contributed by atoms with Gasteiger partial charge in [-0.2, -0.15) is 5.26 Å². The zero-order valence-electron chi connectivity index (χ0n) is 20.3. The summed E-state index contributed by atoms with van der Waals surface area (Å²) in [5.41, 5.74) is 2.29. The van der Waals surface area contributed by atoms with Crippen LogP contribution in [0.1, 0.15) is 102 Å². The molecular weight excluding hydrogens is 388 g/mol. The molecule has 2 nitrogen and oxygen atoms in total. The molecule has 1 rings (SSSR count). The highest BCUT2D eigenvalue weighted by Crippen LogP contribution is 2.16. The maximum Gasteiger partial charge on any atom is 0.101 e. The van der Waals surface area contributed by atoms with Gasteiger partial charge in [-0.3, -0.25) is 0 Å². The summed E-state index contributed by atoms with van der Waals surface area (Å²) in [6.45, 7) is 6.13. The van der Waals surface area contributed by atoms with Gasteiger partial charge in [0.15, 0.2) is 0 Å². The van der Waals surface area contributed by atoms with Crippen molar-refractivity contribution in [3.8, 4) is 6.07 Å². The van der Waals surface area contributed by atoms with Crippen LogP contribution in [-0.2, 0) is 0 Å². The van der Waals surface area contributed by atoms with Gasteiger partial charge < -0.3 is 5.32 Å². The lowest BCUT2D eigenvalue weighted by atomic mass is 10.0. The van der Waals surface area contributed by atoms with Crippen LogP contribution in [0.2, 0.25) is 0 Å². The minimum absolute atomic E-state index is 0.627. The summed E-state index contributed by atoms with van der Waals surface area (Å²) < 4.78 is 0. The standard InChI is InChI=1S/C30H44N2/c1-3-5-6-7-8-9-10-11-12-13-14-15-16-17-18-19-20-21-25-29(4-2)32-30-26-23-22-24-28(30)27-31/h4,18-26,32H,2-3,5-17H2,1H3/b19-18+,21-20+,29-25-. The molecule has 0 heterocycles. The van der Waals surface area contributed by atoms with E-state index in [2.05, 4.69) is 37.0 Å². The van der Waals surface area contributed by atoms with E-state index >= 15 is 0 Å². The Bertz CT molecular complexity index is 733. The highest BCUT2D eigenvalue weighted by molar-refractivity contribution is 5.61. The Balaban J connectivity index is 2.05. The number of nitriles is 1. The summed E-state index contributed by atoms with van der Waals surface area (Å²) in [4.78, 5) is 0. The summed E-state index contributed by atoms with van der Waals surface area (Å²) >= 11 is 0. The summed E-state index contributed by atoms with van der Waals surface area (Å²) in [5.74, 6) is 0. The molecule has 0 fully saturated rings. The van der Waals surface area contributed by atoms with Crippen molar-refractivity contribution >= 4 is 5.69 Å². The number of benzene rings is 1. The Morgan fingerprint density at radius 2 is 1.44 bits per heavy atom. The van der Waals surface area contributed by atoms with Crippen LogP contribution in [0.15, 0.2) is 73.0 Å². The van der Waals surface area contributed by atoms with Gasteiger partial charge in [0.2, 0.25) is 0 Å². The molecule has 1 aromatic carbocycles. The van der Waals surface area contributed by atoms with E-state index in [1.165, 1.54) is 83.5 Å². The smallest absolute Gasteiger partial charge is 0.101 e. The predicted octanol–water partition coefficient (Wildman–Crippen LogP) is 9.63. The lowest BCUT2D eigenvalue weighted by molar-refractivity contribution is 0.540. The molecule has 1 aromatic rings. The molecule has 0 amide bonds. The lowest BCUT2D eigenvalue weighted by Gasteiger charge is -2.07. The maximum absolute atomic E-state index is 9.18. The Kier molecular flexibility index (Phi) is 17.5. The minimum atomic E-state index is 0.627. The number of hydrogen-bond donors (Lipinski definition) is 1. The van der Waals surface area contributed by atoms with E-state index in [-0.39, 0.29) is 0 Å². The average Bonchev–Trinajstić information content (AvgIpc) is 2.82. The topological polar surface area (TPSA) is 35.8 Å². The van der Waals surface area contributed by atoms with Crippen molar-refractivity contribution in [1.82, 2.24) is 0 Å². The van der Waals surface area contributed by atoms with Gasteiger partial charge in [-0.15, -0.1) is 0 Å². The van der Waals surface area contributed by atoms with E-state index in [1.54, 1.807) is 12.1 Å². The summed E-state index contributed by atoms with van der Waals surface area (Å²) in [6.07, 6.45) is 31.5. The van der Waals surface area contributed by atoms with Gasteiger partial charge in [0.05, 0.1) is 11.3 Å². The number of para-hydroxylation sites is 1. The second-order valence-electron chi connectivity index (χ2n) is 8.45. The number of unbranched alkanes of at least 4 members (excludes halogenated alkanes) is 13. The molecule has 0 bridgehead atoms. The Morgan fingerprint density at radius 3 is 2.03 bits per heavy atom. The molecule has 0 unspecified atom stereocenters. The molecule has 0 saturated heterocycles. The average molecular weight is 433 g/mol. The molecule has 0 radical (unpaired) electrons. The van der Waals surface area contributed by atoms with Crippen LogP contribution < -0.4 is 5.32 Å². The molecule has 0 aliphatic rings. The van der Waals surface area contributed by atoms with Crippen LogP contribution >= 0.6 is 0 Å². The quantitative estimate of drug-likeness (QED) is 0.174. The van der Waals surface area contributed by atoms with E-state index in [1.807, 2.05) is 36.4 Å². The zero-order chi connectivity index (χ0) is 23.1. The van der Waals surface area contributed by atoms with Crippen molar-refractivity contribution in [1.29, 1.82) is 5.26 Å². The van der Waals surface area contributed by atoms with E-state index in [0.717, 1.165) is 17.8 Å². The second-order valence-corrected chi connectivity index (χ2v) is 8.45. The van der Waals surface area contributed by atoms with Crippen LogP contribution in [0.4, 0.5) is 5.69 Å². The number of allylic oxidation sites excluding steroid dienone is 6. The van der Waals surface area contributed by atoms with Gasteiger partial charge >= 0.3 is 0 Å². The van der Waals surface area contributed by atoms with Gasteiger partial charge in [0, 0.05) is 5.70 Å². The second kappa shape index (κ2) is 20.4. The fourth-order valence-corrected chi connectivity index (χ4v) is 3.68. The molecule has 174 valence electrons. The van der Waals surface area contributed by atoms with Crippen LogP contribution in [0.5, 0.6) is 0 Å². The number of hydrogen-bond acceptors (Lipinski definition) is 2. The lowest BCUT2D eigenvalue weighted by Crippen LogP contribution is -1.98. The Morgan fingerprint density at radius 1 is 0.844 bits per heavy atom. The first-order chi connectivity index (χ1) is 15.8. The number of rotatable bonds is 19. The summed E-state index contributed by atoms with van der Waals surface area (Å²) in [6, 6.07) is 9.68. The first-order valence-electron chi connectivity index (χ1n) is 12.7. The Labute approximate surface area is 197 Å². The van der Waals surface area contributed by atoms with Gasteiger partial charge in [0.25, 0.3) is 0 Å². The number of anilines is 1. The molecular formula is C30H44N2. The molecule has 0 aliphatic heterocycles. The van der Waals surface area contributed by atoms with Crippen LogP contribution in [0, 0.1) is 11.3 Å². The third-order valence-corrected chi connectivity index (χ3v) is 5.65. The summed E-state index contributed by atoms with van der Waals surface area (Å²) in [5, 5.41) is 12.4. The summed E-state index contributed by atoms with van der Waals surface area (Å²) in [7, 11) is 0. The SMILES string of the molecule is C=C/C(=C/C=C/C=C/CCCCCCCCCCCCCCC)Nc1ccccc1C#N. The van der Waals surface area contributed by atoms with Crippen LogP contribution in [0.3, 0.4) is 0 Å². The molecule has 2 heteroatoms. The van der Waals surface area contributed by atoms with Crippen molar-refractivity contribution in [3.63, 3.8) is 0 Å². The van der Waals surface area contributed by atoms with Gasteiger partial charge in [-0.05, 0) is 37.1 Å². The van der Waals surface area contributed by atoms with Gasteiger partial charge in [-0.25, -0.2) is 0 Å². The van der Waals surface area contributed by atoms with Crippen LogP contribution in [0.25, 0.3) is 0 Å². The predicted molar refractivity (Wildman–Crippen MR) is 142 cm³/mol. The molecule has 0 aliphatic carbocycles. The van der Waals surface area contributed by atoms with E-state index in [4.69, 9.17) is 0 Å². The largest absolute Gasteiger partial charge is 0.354 e. The van der Waals surface area contributed by atoms with E-state index < -0.39 is 0 Å². The third kappa shape index (κ3) is 14.5. The maximum atomic E-state index is 9.18. The van der Waals surface area contributed by atoms with Crippen molar-refractivity contribution in [3.05, 3.63) is 78.6 Å². The molecule has 32 heavy (non-hydrogen) atoms. The first-order valence-corrected chi connectivity index (χ1v) is 12.7. The first kappa shape index (κ1) is 27.5. The fourth-order valence-electron chi connectivity index (χ4n) is 3.68. The molecule has 0 aromatic heterocycles. The monoisotopic (exact) mass is 432 g/mol. The highest BCUT2D eigenvalue weighted by atomic mass is 14.9. The van der Waals surface area contributed by atoms with Crippen molar-refractivity contribution in [2.75, 3.05) is 5.32 Å². The highest BCUT2D eigenvalue weighted by Gasteiger charge is 2.00. The number of nitrogens with zero attached hydrogens (tertiary/aromatic N) is 1. The van der Waals surface area contributed by atoms with Crippen molar-refractivity contribution < 1.29 is 0 Å². The van der Waals surface area contributed by atoms with Crippen molar-refractivity contribution in [2.24, 2.45) is 0 Å². The molecule has 0 saturated carbocycles.